The zero-order chi connectivity index (χ0) is 15.0. The number of carbonyl (C=O) groups is 2. The van der Waals surface area contributed by atoms with E-state index in [-0.39, 0.29) is 18.4 Å². The van der Waals surface area contributed by atoms with Gasteiger partial charge in [-0.25, -0.2) is 0 Å². The average Bonchev–Trinajstić information content (AvgIpc) is 2.45. The Morgan fingerprint density at radius 1 is 1.20 bits per heavy atom. The lowest BCUT2D eigenvalue weighted by Gasteiger charge is -2.11. The number of carbonyl (C=O) groups excluding carboxylic acids is 2. The molecule has 1 rings (SSSR count). The van der Waals surface area contributed by atoms with Gasteiger partial charge in [0, 0.05) is 19.7 Å². The maximum atomic E-state index is 11.8. The van der Waals surface area contributed by atoms with E-state index < -0.39 is 0 Å². The van der Waals surface area contributed by atoms with Crippen molar-refractivity contribution in [1.29, 1.82) is 0 Å². The third kappa shape index (κ3) is 5.30. The Morgan fingerprint density at radius 3 is 2.40 bits per heavy atom. The SMILES string of the molecule is CCCCOc1ccc(C(=O)NCC(=O)N(C)C)cc1. The molecule has 0 fully saturated rings. The lowest BCUT2D eigenvalue weighted by atomic mass is 10.2. The largest absolute Gasteiger partial charge is 0.494 e. The predicted octanol–water partition coefficient (Wildman–Crippen LogP) is 1.68. The first kappa shape index (κ1) is 16.0. The van der Waals surface area contributed by atoms with Crippen molar-refractivity contribution in [2.75, 3.05) is 27.2 Å². The van der Waals surface area contributed by atoms with E-state index in [2.05, 4.69) is 12.2 Å². The van der Waals surface area contributed by atoms with Gasteiger partial charge in [0.1, 0.15) is 5.75 Å². The van der Waals surface area contributed by atoms with E-state index in [1.54, 1.807) is 38.4 Å². The fourth-order valence-corrected chi connectivity index (χ4v) is 1.45. The van der Waals surface area contributed by atoms with Crippen LogP contribution in [0.2, 0.25) is 0 Å². The minimum atomic E-state index is -0.264. The number of hydrogen-bond acceptors (Lipinski definition) is 3. The maximum Gasteiger partial charge on any atom is 0.251 e. The number of unbranched alkanes of at least 4 members (excludes halogenated alkanes) is 1. The second-order valence-electron chi connectivity index (χ2n) is 4.70. The minimum Gasteiger partial charge on any atom is -0.494 e. The number of benzene rings is 1. The summed E-state index contributed by atoms with van der Waals surface area (Å²) in [6, 6.07) is 6.91. The summed E-state index contributed by atoms with van der Waals surface area (Å²) in [5.74, 6) is 0.345. The highest BCUT2D eigenvalue weighted by molar-refractivity contribution is 5.96. The Balaban J connectivity index is 2.47. The third-order valence-electron chi connectivity index (χ3n) is 2.78. The Kier molecular flexibility index (Phi) is 6.56. The normalized spacial score (nSPS) is 9.95. The molecule has 0 atom stereocenters. The molecule has 5 nitrogen and oxygen atoms in total. The van der Waals surface area contributed by atoms with Gasteiger partial charge in [0.25, 0.3) is 5.91 Å². The van der Waals surface area contributed by atoms with Crippen LogP contribution in [0.4, 0.5) is 0 Å². The van der Waals surface area contributed by atoms with Crippen molar-refractivity contribution < 1.29 is 14.3 Å². The summed E-state index contributed by atoms with van der Waals surface area (Å²) in [5, 5.41) is 2.58. The highest BCUT2D eigenvalue weighted by Gasteiger charge is 2.09. The van der Waals surface area contributed by atoms with Crippen LogP contribution in [-0.2, 0) is 4.79 Å². The fraction of sp³-hybridized carbons (Fsp3) is 0.467. The van der Waals surface area contributed by atoms with Crippen LogP contribution >= 0.6 is 0 Å². The van der Waals surface area contributed by atoms with Crippen LogP contribution in [0.5, 0.6) is 5.75 Å². The summed E-state index contributed by atoms with van der Waals surface area (Å²) in [7, 11) is 3.30. The molecule has 1 aromatic rings. The van der Waals surface area contributed by atoms with Crippen molar-refractivity contribution >= 4 is 11.8 Å². The zero-order valence-corrected chi connectivity index (χ0v) is 12.3. The van der Waals surface area contributed by atoms with Gasteiger partial charge in [0.2, 0.25) is 5.91 Å². The van der Waals surface area contributed by atoms with E-state index in [1.165, 1.54) is 4.90 Å². The molecule has 0 unspecified atom stereocenters. The lowest BCUT2D eigenvalue weighted by Crippen LogP contribution is -2.36. The molecule has 110 valence electrons. The summed E-state index contributed by atoms with van der Waals surface area (Å²) in [4.78, 5) is 24.6. The molecule has 0 aliphatic heterocycles. The predicted molar refractivity (Wildman–Crippen MR) is 77.9 cm³/mol. The molecular formula is C15H22N2O3. The molecule has 1 aromatic carbocycles. The monoisotopic (exact) mass is 278 g/mol. The van der Waals surface area contributed by atoms with Crippen LogP contribution in [0.1, 0.15) is 30.1 Å². The number of hydrogen-bond donors (Lipinski definition) is 1. The van der Waals surface area contributed by atoms with Crippen molar-refractivity contribution in [3.63, 3.8) is 0 Å². The van der Waals surface area contributed by atoms with Gasteiger partial charge in [0.15, 0.2) is 0 Å². The molecule has 0 radical (unpaired) electrons. The number of ether oxygens (including phenoxy) is 1. The molecule has 0 spiro atoms. The average molecular weight is 278 g/mol. The molecule has 2 amide bonds. The van der Waals surface area contributed by atoms with Crippen LogP contribution in [0.25, 0.3) is 0 Å². The number of rotatable bonds is 7. The van der Waals surface area contributed by atoms with Crippen LogP contribution < -0.4 is 10.1 Å². The zero-order valence-electron chi connectivity index (χ0n) is 12.3. The van der Waals surface area contributed by atoms with Gasteiger partial charge in [-0.3, -0.25) is 9.59 Å². The van der Waals surface area contributed by atoms with Gasteiger partial charge < -0.3 is 15.0 Å². The first-order chi connectivity index (χ1) is 9.54. The third-order valence-corrected chi connectivity index (χ3v) is 2.78. The fourth-order valence-electron chi connectivity index (χ4n) is 1.45. The van der Waals surface area contributed by atoms with E-state index in [4.69, 9.17) is 4.74 Å². The van der Waals surface area contributed by atoms with Crippen molar-refractivity contribution in [2.24, 2.45) is 0 Å². The van der Waals surface area contributed by atoms with Gasteiger partial charge in [-0.15, -0.1) is 0 Å². The van der Waals surface area contributed by atoms with E-state index in [1.807, 2.05) is 0 Å². The molecule has 20 heavy (non-hydrogen) atoms. The Bertz CT molecular complexity index is 441. The Hall–Kier alpha value is -2.04. The molecule has 0 bridgehead atoms. The summed E-state index contributed by atoms with van der Waals surface area (Å²) < 4.78 is 5.52. The molecule has 5 heteroatoms. The van der Waals surface area contributed by atoms with Gasteiger partial charge in [-0.1, -0.05) is 13.3 Å². The maximum absolute atomic E-state index is 11.8. The lowest BCUT2D eigenvalue weighted by molar-refractivity contribution is -0.127. The smallest absolute Gasteiger partial charge is 0.251 e. The molecular weight excluding hydrogens is 256 g/mol. The molecule has 0 saturated heterocycles. The van der Waals surface area contributed by atoms with E-state index in [9.17, 15) is 9.59 Å². The highest BCUT2D eigenvalue weighted by atomic mass is 16.5. The van der Waals surface area contributed by atoms with Gasteiger partial charge in [0.05, 0.1) is 13.2 Å². The van der Waals surface area contributed by atoms with Crippen molar-refractivity contribution in [2.45, 2.75) is 19.8 Å². The second kappa shape index (κ2) is 8.19. The van der Waals surface area contributed by atoms with E-state index in [0.29, 0.717) is 12.2 Å². The summed E-state index contributed by atoms with van der Waals surface area (Å²) in [6.07, 6.45) is 2.09. The van der Waals surface area contributed by atoms with Gasteiger partial charge in [-0.2, -0.15) is 0 Å². The van der Waals surface area contributed by atoms with Crippen molar-refractivity contribution in [3.05, 3.63) is 29.8 Å². The van der Waals surface area contributed by atoms with Gasteiger partial charge in [-0.05, 0) is 30.7 Å². The first-order valence-electron chi connectivity index (χ1n) is 6.75. The summed E-state index contributed by atoms with van der Waals surface area (Å²) >= 11 is 0. The van der Waals surface area contributed by atoms with Crippen molar-refractivity contribution in [3.8, 4) is 5.75 Å². The number of nitrogens with one attached hydrogen (secondary N) is 1. The van der Waals surface area contributed by atoms with Crippen molar-refractivity contribution in [1.82, 2.24) is 10.2 Å². The Morgan fingerprint density at radius 2 is 1.85 bits per heavy atom. The standard InChI is InChI=1S/C15H22N2O3/c1-4-5-10-20-13-8-6-12(7-9-13)15(19)16-11-14(18)17(2)3/h6-9H,4-5,10-11H2,1-3H3,(H,16,19). The van der Waals surface area contributed by atoms with Crippen LogP contribution in [-0.4, -0.2) is 44.0 Å². The van der Waals surface area contributed by atoms with Crippen LogP contribution in [0.3, 0.4) is 0 Å². The second-order valence-corrected chi connectivity index (χ2v) is 4.70. The number of amides is 2. The van der Waals surface area contributed by atoms with E-state index in [0.717, 1.165) is 18.6 Å². The number of likely N-dealkylation sites (N-methyl/N-ethyl adjacent to an activating group) is 1. The molecule has 0 aliphatic carbocycles. The molecule has 0 aliphatic rings. The Labute approximate surface area is 119 Å². The van der Waals surface area contributed by atoms with Gasteiger partial charge >= 0.3 is 0 Å². The first-order valence-corrected chi connectivity index (χ1v) is 6.75. The molecule has 0 aromatic heterocycles. The topological polar surface area (TPSA) is 58.6 Å². The summed E-state index contributed by atoms with van der Waals surface area (Å²) in [5.41, 5.74) is 0.513. The highest BCUT2D eigenvalue weighted by Crippen LogP contribution is 2.12. The summed E-state index contributed by atoms with van der Waals surface area (Å²) in [6.45, 7) is 2.78. The van der Waals surface area contributed by atoms with Crippen LogP contribution in [0.15, 0.2) is 24.3 Å². The quantitative estimate of drug-likeness (QED) is 0.772. The molecule has 0 saturated carbocycles. The molecule has 1 N–H and O–H groups in total. The van der Waals surface area contributed by atoms with E-state index >= 15 is 0 Å². The minimum absolute atomic E-state index is 0.000580. The van der Waals surface area contributed by atoms with Crippen LogP contribution in [0, 0.1) is 0 Å². The number of nitrogens with zero attached hydrogens (tertiary/aromatic N) is 1. The molecule has 0 heterocycles.